The molecule has 3 heterocycles. The van der Waals surface area contributed by atoms with Gasteiger partial charge in [0, 0.05) is 13.2 Å². The van der Waals surface area contributed by atoms with Gasteiger partial charge in [-0.2, -0.15) is 0 Å². The summed E-state index contributed by atoms with van der Waals surface area (Å²) < 4.78 is 18.2. The van der Waals surface area contributed by atoms with Crippen LogP contribution in [-0.4, -0.2) is 32.5 Å². The van der Waals surface area contributed by atoms with Crippen molar-refractivity contribution in [1.82, 2.24) is 19.7 Å². The summed E-state index contributed by atoms with van der Waals surface area (Å²) >= 11 is 1.39. The van der Waals surface area contributed by atoms with Crippen molar-refractivity contribution in [3.05, 3.63) is 58.9 Å². The zero-order chi connectivity index (χ0) is 20.9. The van der Waals surface area contributed by atoms with E-state index in [1.165, 1.54) is 11.8 Å². The van der Waals surface area contributed by atoms with Crippen LogP contribution in [0.2, 0.25) is 0 Å². The third-order valence-corrected chi connectivity index (χ3v) is 5.29. The molecule has 0 spiro atoms. The Bertz CT molecular complexity index is 1170. The second-order valence-corrected chi connectivity index (χ2v) is 7.85. The van der Waals surface area contributed by atoms with Crippen LogP contribution in [0.15, 0.2) is 61.4 Å². The maximum Gasteiger partial charge on any atom is 0.283 e. The van der Waals surface area contributed by atoms with Crippen LogP contribution in [0.4, 0.5) is 0 Å². The number of hydrogen-bond donors (Lipinski definition) is 0. The third kappa shape index (κ3) is 4.63. The van der Waals surface area contributed by atoms with Crippen LogP contribution in [0.5, 0.6) is 0 Å². The maximum atomic E-state index is 13.1. The van der Waals surface area contributed by atoms with Crippen molar-refractivity contribution in [2.45, 2.75) is 43.8 Å². The number of thioether (sulfide) groups is 1. The second-order valence-electron chi connectivity index (χ2n) is 6.91. The van der Waals surface area contributed by atoms with Gasteiger partial charge in [0.2, 0.25) is 5.89 Å². The smallest absolute Gasteiger partial charge is 0.283 e. The van der Waals surface area contributed by atoms with Gasteiger partial charge in [0.1, 0.15) is 0 Å². The number of benzene rings is 1. The van der Waals surface area contributed by atoms with Gasteiger partial charge in [-0.25, -0.2) is 4.98 Å². The van der Waals surface area contributed by atoms with Gasteiger partial charge in [-0.1, -0.05) is 23.9 Å². The van der Waals surface area contributed by atoms with Crippen molar-refractivity contribution in [2.75, 3.05) is 6.61 Å². The molecule has 0 aliphatic rings. The fourth-order valence-electron chi connectivity index (χ4n) is 2.93. The molecule has 3 aromatic heterocycles. The number of fused-ring (bicyclic) bond motifs is 1. The molecule has 0 fully saturated rings. The first kappa shape index (κ1) is 20.4. The van der Waals surface area contributed by atoms with Crippen molar-refractivity contribution in [1.29, 1.82) is 0 Å². The zero-order valence-electron chi connectivity index (χ0n) is 16.8. The number of hydrogen-bond acceptors (Lipinski definition) is 8. The summed E-state index contributed by atoms with van der Waals surface area (Å²) in [6.45, 7) is 5.09. The van der Waals surface area contributed by atoms with Crippen LogP contribution in [-0.2, 0) is 17.0 Å². The van der Waals surface area contributed by atoms with Gasteiger partial charge >= 0.3 is 0 Å². The minimum atomic E-state index is -0.0607. The molecule has 156 valence electrons. The first-order valence-electron chi connectivity index (χ1n) is 9.72. The molecule has 0 bridgehead atoms. The molecule has 0 aliphatic heterocycles. The molecular weight excluding hydrogens is 404 g/mol. The quantitative estimate of drug-likeness (QED) is 0.224. The minimum Gasteiger partial charge on any atom is -0.459 e. The Labute approximate surface area is 177 Å². The van der Waals surface area contributed by atoms with Crippen molar-refractivity contribution in [3.8, 4) is 11.7 Å². The Hall–Kier alpha value is -2.91. The van der Waals surface area contributed by atoms with E-state index in [1.54, 1.807) is 29.0 Å². The van der Waals surface area contributed by atoms with E-state index in [0.717, 1.165) is 6.42 Å². The highest BCUT2D eigenvalue weighted by Gasteiger charge is 2.15. The van der Waals surface area contributed by atoms with E-state index in [2.05, 4.69) is 10.2 Å². The van der Waals surface area contributed by atoms with Crippen molar-refractivity contribution in [3.63, 3.8) is 0 Å². The standard InChI is InChI=1S/C21H22N4O4S/c1-14(2)27-12-6-10-25-20(26)15-7-3-4-8-16(15)22-21(25)30-13-18-23-24-19(29-18)17-9-5-11-28-17/h3-5,7-9,11,14H,6,10,12-13H2,1-2H3. The van der Waals surface area contributed by atoms with Gasteiger partial charge in [0.25, 0.3) is 11.4 Å². The largest absolute Gasteiger partial charge is 0.459 e. The maximum absolute atomic E-state index is 13.1. The van der Waals surface area contributed by atoms with Crippen molar-refractivity contribution >= 4 is 22.7 Å². The monoisotopic (exact) mass is 426 g/mol. The molecule has 0 atom stereocenters. The fraction of sp³-hybridized carbons (Fsp3) is 0.333. The van der Waals surface area contributed by atoms with Gasteiger partial charge in [-0.15, -0.1) is 10.2 Å². The molecule has 0 amide bonds. The lowest BCUT2D eigenvalue weighted by Crippen LogP contribution is -2.24. The highest BCUT2D eigenvalue weighted by molar-refractivity contribution is 7.98. The SMILES string of the molecule is CC(C)OCCCn1c(SCc2nnc(-c3ccco3)o2)nc2ccccc2c1=O. The Morgan fingerprint density at radius 3 is 2.83 bits per heavy atom. The second kappa shape index (κ2) is 9.27. The highest BCUT2D eigenvalue weighted by atomic mass is 32.2. The van der Waals surface area contributed by atoms with E-state index in [-0.39, 0.29) is 11.7 Å². The predicted octanol–water partition coefficient (Wildman–Crippen LogP) is 4.15. The molecule has 4 aromatic rings. The molecule has 0 saturated carbocycles. The molecule has 0 N–H and O–H groups in total. The first-order chi connectivity index (χ1) is 14.6. The van der Waals surface area contributed by atoms with Gasteiger partial charge in [-0.05, 0) is 44.5 Å². The zero-order valence-corrected chi connectivity index (χ0v) is 17.6. The van der Waals surface area contributed by atoms with Gasteiger partial charge in [0.15, 0.2) is 10.9 Å². The summed E-state index contributed by atoms with van der Waals surface area (Å²) in [5.41, 5.74) is 0.607. The highest BCUT2D eigenvalue weighted by Crippen LogP contribution is 2.24. The van der Waals surface area contributed by atoms with Gasteiger partial charge in [-0.3, -0.25) is 9.36 Å². The topological polar surface area (TPSA) is 96.2 Å². The molecule has 1 aromatic carbocycles. The summed E-state index contributed by atoms with van der Waals surface area (Å²) in [7, 11) is 0. The molecule has 0 aliphatic carbocycles. The number of ether oxygens (including phenoxy) is 1. The minimum absolute atomic E-state index is 0.0607. The Morgan fingerprint density at radius 1 is 1.17 bits per heavy atom. The molecule has 0 saturated heterocycles. The van der Waals surface area contributed by atoms with Crippen LogP contribution in [0, 0.1) is 0 Å². The van der Waals surface area contributed by atoms with E-state index in [4.69, 9.17) is 18.6 Å². The number of nitrogens with zero attached hydrogens (tertiary/aromatic N) is 4. The first-order valence-corrected chi connectivity index (χ1v) is 10.7. The normalized spacial score (nSPS) is 11.6. The number of rotatable bonds is 9. The lowest BCUT2D eigenvalue weighted by molar-refractivity contribution is 0.0743. The Balaban J connectivity index is 1.55. The number of para-hydroxylation sites is 1. The summed E-state index contributed by atoms with van der Waals surface area (Å²) in [5.74, 6) is 1.67. The van der Waals surface area contributed by atoms with E-state index in [0.29, 0.717) is 52.5 Å². The number of furan rings is 1. The van der Waals surface area contributed by atoms with Crippen LogP contribution in [0.1, 0.15) is 26.2 Å². The van der Waals surface area contributed by atoms with E-state index in [1.807, 2.05) is 32.0 Å². The van der Waals surface area contributed by atoms with E-state index in [9.17, 15) is 4.79 Å². The third-order valence-electron chi connectivity index (χ3n) is 4.33. The van der Waals surface area contributed by atoms with E-state index >= 15 is 0 Å². The van der Waals surface area contributed by atoms with E-state index < -0.39 is 0 Å². The van der Waals surface area contributed by atoms with Crippen molar-refractivity contribution < 1.29 is 13.6 Å². The molecular formula is C21H22N4O4S. The van der Waals surface area contributed by atoms with Crippen molar-refractivity contribution in [2.24, 2.45) is 0 Å². The lowest BCUT2D eigenvalue weighted by Gasteiger charge is -2.13. The summed E-state index contributed by atoms with van der Waals surface area (Å²) in [4.78, 5) is 17.8. The van der Waals surface area contributed by atoms with Crippen LogP contribution < -0.4 is 5.56 Å². The molecule has 4 rings (SSSR count). The molecule has 30 heavy (non-hydrogen) atoms. The summed E-state index contributed by atoms with van der Waals surface area (Å²) in [6.07, 6.45) is 2.43. The molecule has 9 heteroatoms. The average Bonchev–Trinajstić information content (AvgIpc) is 3.43. The molecule has 0 radical (unpaired) electrons. The Kier molecular flexibility index (Phi) is 6.29. The predicted molar refractivity (Wildman–Crippen MR) is 113 cm³/mol. The molecule has 8 nitrogen and oxygen atoms in total. The molecule has 0 unspecified atom stereocenters. The summed E-state index contributed by atoms with van der Waals surface area (Å²) in [5, 5.41) is 9.29. The Morgan fingerprint density at radius 2 is 2.03 bits per heavy atom. The van der Waals surface area contributed by atoms with Gasteiger partial charge in [0.05, 0.1) is 29.0 Å². The van der Waals surface area contributed by atoms with Gasteiger partial charge < -0.3 is 13.6 Å². The fourth-order valence-corrected chi connectivity index (χ4v) is 3.80. The number of aromatic nitrogens is 4. The average molecular weight is 426 g/mol. The van der Waals surface area contributed by atoms with Crippen LogP contribution >= 0.6 is 11.8 Å². The lowest BCUT2D eigenvalue weighted by atomic mass is 10.2. The van der Waals surface area contributed by atoms with Crippen LogP contribution in [0.3, 0.4) is 0 Å². The van der Waals surface area contributed by atoms with Crippen LogP contribution in [0.25, 0.3) is 22.6 Å². The summed E-state index contributed by atoms with van der Waals surface area (Å²) in [6, 6.07) is 10.9.